The minimum atomic E-state index is -3.21. The summed E-state index contributed by atoms with van der Waals surface area (Å²) < 4.78 is 35.1. The van der Waals surface area contributed by atoms with Crippen LogP contribution in [0.3, 0.4) is 0 Å². The Morgan fingerprint density at radius 3 is 2.52 bits per heavy atom. The predicted molar refractivity (Wildman–Crippen MR) is 109 cm³/mol. The van der Waals surface area contributed by atoms with E-state index in [-0.39, 0.29) is 29.3 Å². The van der Waals surface area contributed by atoms with Gasteiger partial charge in [-0.3, -0.25) is 9.48 Å². The van der Waals surface area contributed by atoms with Gasteiger partial charge in [-0.15, -0.1) is 0 Å². The number of piperidine rings is 1. The fraction of sp³-hybridized carbons (Fsp3) is 0.800. The number of hydrogen-bond acceptors (Lipinski definition) is 5. The average molecular weight is 425 g/mol. The van der Waals surface area contributed by atoms with Gasteiger partial charge in [0.1, 0.15) is 0 Å². The fourth-order valence-electron chi connectivity index (χ4n) is 4.74. The van der Waals surface area contributed by atoms with E-state index in [9.17, 15) is 13.2 Å². The first-order valence-corrected chi connectivity index (χ1v) is 12.3. The Balaban J connectivity index is 1.43. The van der Waals surface area contributed by atoms with Gasteiger partial charge in [0.25, 0.3) is 5.91 Å². The van der Waals surface area contributed by atoms with Crippen molar-refractivity contribution in [3.05, 3.63) is 17.5 Å². The van der Waals surface area contributed by atoms with Gasteiger partial charge in [0.05, 0.1) is 11.4 Å². The van der Waals surface area contributed by atoms with E-state index in [1.807, 2.05) is 24.9 Å². The van der Waals surface area contributed by atoms with Crippen molar-refractivity contribution in [2.75, 3.05) is 25.4 Å². The minimum Gasteiger partial charge on any atom is -0.375 e. The summed E-state index contributed by atoms with van der Waals surface area (Å²) in [4.78, 5) is 14.6. The summed E-state index contributed by atoms with van der Waals surface area (Å²) >= 11 is 0. The molecule has 0 bridgehead atoms. The molecular weight excluding hydrogens is 392 g/mol. The maximum Gasteiger partial charge on any atom is 0.274 e. The van der Waals surface area contributed by atoms with Gasteiger partial charge in [0, 0.05) is 44.5 Å². The molecule has 4 rings (SSSR count). The zero-order valence-electron chi connectivity index (χ0n) is 17.6. The Morgan fingerprint density at radius 1 is 1.28 bits per heavy atom. The molecule has 3 fully saturated rings. The van der Waals surface area contributed by atoms with Crippen molar-refractivity contribution in [1.82, 2.24) is 19.0 Å². The second-order valence-electron chi connectivity index (χ2n) is 8.73. The number of likely N-dealkylation sites (tertiary alicyclic amines) is 1. The molecule has 1 aliphatic carbocycles. The highest BCUT2D eigenvalue weighted by Gasteiger charge is 2.48. The van der Waals surface area contributed by atoms with Gasteiger partial charge in [0.2, 0.25) is 10.0 Å². The topological polar surface area (TPSA) is 84.7 Å². The highest BCUT2D eigenvalue weighted by atomic mass is 32.2. The number of aryl methyl sites for hydroxylation is 2. The molecule has 0 N–H and O–H groups in total. The molecular formula is C20H32N4O4S. The molecule has 29 heavy (non-hydrogen) atoms. The molecule has 9 heteroatoms. The predicted octanol–water partition coefficient (Wildman–Crippen LogP) is 1.70. The lowest BCUT2D eigenvalue weighted by Crippen LogP contribution is -2.56. The summed E-state index contributed by atoms with van der Waals surface area (Å²) in [6.45, 7) is 5.47. The van der Waals surface area contributed by atoms with Gasteiger partial charge in [-0.2, -0.15) is 9.40 Å². The molecule has 1 aromatic heterocycles. The SMILES string of the molecule is CCS(=O)(=O)N(C1CC1)C1CCOC2(CCN(C(=O)c3cc(C)n(C)n3)CC2)C1. The van der Waals surface area contributed by atoms with Crippen LogP contribution in [0.4, 0.5) is 0 Å². The first-order chi connectivity index (χ1) is 13.7. The smallest absolute Gasteiger partial charge is 0.274 e. The Labute approximate surface area is 173 Å². The molecule has 1 spiro atoms. The summed E-state index contributed by atoms with van der Waals surface area (Å²) in [6, 6.07) is 2.01. The number of sulfonamides is 1. The van der Waals surface area contributed by atoms with Gasteiger partial charge in [-0.1, -0.05) is 0 Å². The first kappa shape index (κ1) is 20.8. The normalized spacial score (nSPS) is 25.0. The van der Waals surface area contributed by atoms with Gasteiger partial charge >= 0.3 is 0 Å². The van der Waals surface area contributed by atoms with Crippen molar-refractivity contribution in [1.29, 1.82) is 0 Å². The van der Waals surface area contributed by atoms with Crippen LogP contribution >= 0.6 is 0 Å². The zero-order valence-corrected chi connectivity index (χ0v) is 18.4. The van der Waals surface area contributed by atoms with E-state index in [0.29, 0.717) is 25.4 Å². The van der Waals surface area contributed by atoms with Crippen molar-refractivity contribution >= 4 is 15.9 Å². The molecule has 3 aliphatic rings. The van der Waals surface area contributed by atoms with Gasteiger partial charge in [-0.25, -0.2) is 8.42 Å². The van der Waals surface area contributed by atoms with Crippen molar-refractivity contribution < 1.29 is 17.9 Å². The Bertz CT molecular complexity index is 850. The molecule has 1 saturated carbocycles. The van der Waals surface area contributed by atoms with E-state index >= 15 is 0 Å². The van der Waals surface area contributed by atoms with Crippen LogP contribution in [0.15, 0.2) is 6.07 Å². The van der Waals surface area contributed by atoms with Gasteiger partial charge < -0.3 is 9.64 Å². The maximum absolute atomic E-state index is 12.8. The molecule has 2 saturated heterocycles. The zero-order chi connectivity index (χ0) is 20.8. The van der Waals surface area contributed by atoms with Crippen molar-refractivity contribution in [3.8, 4) is 0 Å². The third kappa shape index (κ3) is 4.09. The second kappa shape index (κ2) is 7.67. The van der Waals surface area contributed by atoms with E-state index in [4.69, 9.17) is 4.74 Å². The number of carbonyl (C=O) groups excluding carboxylic acids is 1. The lowest BCUT2D eigenvalue weighted by Gasteiger charge is -2.48. The molecule has 1 aromatic rings. The highest BCUT2D eigenvalue weighted by molar-refractivity contribution is 7.89. The summed E-state index contributed by atoms with van der Waals surface area (Å²) in [7, 11) is -1.37. The monoisotopic (exact) mass is 424 g/mol. The van der Waals surface area contributed by atoms with Crippen molar-refractivity contribution in [3.63, 3.8) is 0 Å². The van der Waals surface area contributed by atoms with E-state index < -0.39 is 10.0 Å². The van der Waals surface area contributed by atoms with Crippen LogP contribution in [0.1, 0.15) is 61.6 Å². The third-order valence-corrected chi connectivity index (χ3v) is 8.68. The minimum absolute atomic E-state index is 0.0156. The molecule has 8 nitrogen and oxygen atoms in total. The third-order valence-electron chi connectivity index (χ3n) is 6.71. The number of ether oxygens (including phenoxy) is 1. The number of amides is 1. The van der Waals surface area contributed by atoms with Crippen LogP contribution in [0.25, 0.3) is 0 Å². The van der Waals surface area contributed by atoms with E-state index in [2.05, 4.69) is 5.10 Å². The van der Waals surface area contributed by atoms with E-state index in [1.165, 1.54) is 0 Å². The summed E-state index contributed by atoms with van der Waals surface area (Å²) in [5.74, 6) is 0.115. The highest BCUT2D eigenvalue weighted by Crippen LogP contribution is 2.41. The molecule has 0 aromatic carbocycles. The van der Waals surface area contributed by atoms with Crippen LogP contribution in [-0.2, 0) is 21.8 Å². The van der Waals surface area contributed by atoms with Gasteiger partial charge in [-0.05, 0) is 58.4 Å². The summed E-state index contributed by atoms with van der Waals surface area (Å²) in [5.41, 5.74) is 1.12. The van der Waals surface area contributed by atoms with Crippen molar-refractivity contribution in [2.24, 2.45) is 7.05 Å². The fourth-order valence-corrected chi connectivity index (χ4v) is 6.34. The number of hydrogen-bond donors (Lipinski definition) is 0. The lowest BCUT2D eigenvalue weighted by molar-refractivity contribution is -0.123. The molecule has 1 atom stereocenters. The maximum atomic E-state index is 12.8. The Morgan fingerprint density at radius 2 is 1.97 bits per heavy atom. The molecule has 2 aliphatic heterocycles. The first-order valence-electron chi connectivity index (χ1n) is 10.7. The largest absolute Gasteiger partial charge is 0.375 e. The molecule has 1 unspecified atom stereocenters. The lowest BCUT2D eigenvalue weighted by atomic mass is 9.82. The van der Waals surface area contributed by atoms with Gasteiger partial charge in [0.15, 0.2) is 5.69 Å². The van der Waals surface area contributed by atoms with Crippen LogP contribution in [0.5, 0.6) is 0 Å². The number of aromatic nitrogens is 2. The number of rotatable bonds is 5. The standard InChI is InChI=1S/C20H32N4O4S/c1-4-29(26,27)24(16-5-6-16)17-7-12-28-20(14-17)8-10-23(11-9-20)19(25)18-13-15(2)22(3)21-18/h13,16-17H,4-12,14H2,1-3H3. The molecule has 3 heterocycles. The Kier molecular flexibility index (Phi) is 5.50. The van der Waals surface area contributed by atoms with E-state index in [1.54, 1.807) is 15.9 Å². The average Bonchev–Trinajstić information content (AvgIpc) is 3.46. The number of nitrogens with zero attached hydrogens (tertiary/aromatic N) is 4. The van der Waals surface area contributed by atoms with Crippen LogP contribution < -0.4 is 0 Å². The summed E-state index contributed by atoms with van der Waals surface area (Å²) in [5, 5.41) is 4.31. The summed E-state index contributed by atoms with van der Waals surface area (Å²) in [6.07, 6.45) is 4.91. The molecule has 1 amide bonds. The van der Waals surface area contributed by atoms with Crippen LogP contribution in [-0.4, -0.2) is 76.4 Å². The second-order valence-corrected chi connectivity index (χ2v) is 10.9. The van der Waals surface area contributed by atoms with Crippen molar-refractivity contribution in [2.45, 2.75) is 70.1 Å². The van der Waals surface area contributed by atoms with Crippen LogP contribution in [0, 0.1) is 6.92 Å². The molecule has 162 valence electrons. The quantitative estimate of drug-likeness (QED) is 0.718. The Hall–Kier alpha value is -1.45. The number of carbonyl (C=O) groups is 1. The van der Waals surface area contributed by atoms with Crippen LogP contribution in [0.2, 0.25) is 0 Å². The van der Waals surface area contributed by atoms with E-state index in [0.717, 1.165) is 44.2 Å². The molecule has 0 radical (unpaired) electrons.